The zero-order valence-corrected chi connectivity index (χ0v) is 10.7. The molecule has 1 N–H and O–H groups in total. The minimum absolute atomic E-state index is 0.0713. The molecule has 0 saturated carbocycles. The van der Waals surface area contributed by atoms with Gasteiger partial charge in [0.05, 0.1) is 4.92 Å². The monoisotopic (exact) mass is 277 g/mol. The molecule has 0 aromatic heterocycles. The van der Waals surface area contributed by atoms with E-state index in [1.165, 1.54) is 18.2 Å². The summed E-state index contributed by atoms with van der Waals surface area (Å²) in [6.07, 6.45) is 0. The number of rotatable bonds is 4. The summed E-state index contributed by atoms with van der Waals surface area (Å²) in [5, 5.41) is 20.2. The molecule has 0 amide bonds. The van der Waals surface area contributed by atoms with E-state index in [0.717, 1.165) is 6.07 Å². The van der Waals surface area contributed by atoms with Crippen LogP contribution in [0.15, 0.2) is 36.4 Å². The van der Waals surface area contributed by atoms with Crippen LogP contribution in [-0.4, -0.2) is 10.0 Å². The van der Waals surface area contributed by atoms with Gasteiger partial charge in [0.1, 0.15) is 18.1 Å². The number of hydrogen-bond acceptors (Lipinski definition) is 4. The number of hydrogen-bond donors (Lipinski definition) is 1. The summed E-state index contributed by atoms with van der Waals surface area (Å²) in [5.74, 6) is -0.437. The first-order valence-electron chi connectivity index (χ1n) is 5.84. The number of phenolic OH excluding ortho intramolecular Hbond substituents is 1. The van der Waals surface area contributed by atoms with Gasteiger partial charge in [0, 0.05) is 17.2 Å². The maximum atomic E-state index is 13.8. The van der Waals surface area contributed by atoms with Crippen molar-refractivity contribution in [2.45, 2.75) is 13.5 Å². The molecule has 2 rings (SSSR count). The van der Waals surface area contributed by atoms with Crippen LogP contribution in [0.25, 0.3) is 0 Å². The molecule has 0 unspecified atom stereocenters. The largest absolute Gasteiger partial charge is 0.508 e. The van der Waals surface area contributed by atoms with E-state index in [0.29, 0.717) is 11.3 Å². The molecule has 5 nitrogen and oxygen atoms in total. The minimum atomic E-state index is -0.907. The first-order chi connectivity index (χ1) is 9.50. The van der Waals surface area contributed by atoms with Gasteiger partial charge in [0.15, 0.2) is 0 Å². The number of nitro benzene ring substituents is 1. The first kappa shape index (κ1) is 13.8. The molecule has 0 heterocycles. The Morgan fingerprint density at radius 1 is 1.30 bits per heavy atom. The minimum Gasteiger partial charge on any atom is -0.508 e. The van der Waals surface area contributed by atoms with E-state index in [9.17, 15) is 19.6 Å². The molecule has 6 heteroatoms. The number of aromatic hydroxyl groups is 1. The summed E-state index contributed by atoms with van der Waals surface area (Å²) in [5.41, 5.74) is 0.0269. The second-order valence-electron chi connectivity index (χ2n) is 4.20. The highest BCUT2D eigenvalue weighted by Crippen LogP contribution is 2.27. The number of nitrogens with zero attached hydrogens (tertiary/aromatic N) is 1. The molecule has 0 spiro atoms. The van der Waals surface area contributed by atoms with Gasteiger partial charge >= 0.3 is 5.69 Å². The van der Waals surface area contributed by atoms with Crippen LogP contribution in [0.1, 0.15) is 11.1 Å². The SMILES string of the molecule is Cc1c(O)cccc1OCc1cccc([N+](=O)[O-])c1F. The second-order valence-corrected chi connectivity index (χ2v) is 4.20. The third kappa shape index (κ3) is 2.69. The molecule has 0 atom stereocenters. The lowest BCUT2D eigenvalue weighted by Crippen LogP contribution is -2.02. The van der Waals surface area contributed by atoms with Crippen LogP contribution in [-0.2, 0) is 6.61 Å². The summed E-state index contributed by atoms with van der Waals surface area (Å²) in [7, 11) is 0. The molecule has 2 aromatic carbocycles. The molecular formula is C14H12FNO4. The van der Waals surface area contributed by atoms with Crippen molar-refractivity contribution in [2.24, 2.45) is 0 Å². The Bertz CT molecular complexity index is 658. The molecule has 0 aliphatic carbocycles. The van der Waals surface area contributed by atoms with Gasteiger partial charge in [-0.2, -0.15) is 4.39 Å². The van der Waals surface area contributed by atoms with E-state index in [4.69, 9.17) is 4.74 Å². The van der Waals surface area contributed by atoms with Crippen LogP contribution in [0.2, 0.25) is 0 Å². The van der Waals surface area contributed by atoms with Gasteiger partial charge in [-0.1, -0.05) is 18.2 Å². The van der Waals surface area contributed by atoms with Crippen molar-refractivity contribution < 1.29 is 19.2 Å². The van der Waals surface area contributed by atoms with Crippen LogP contribution in [0.3, 0.4) is 0 Å². The van der Waals surface area contributed by atoms with Crippen molar-refractivity contribution in [3.63, 3.8) is 0 Å². The van der Waals surface area contributed by atoms with Crippen molar-refractivity contribution in [2.75, 3.05) is 0 Å². The van der Waals surface area contributed by atoms with Crippen molar-refractivity contribution in [3.8, 4) is 11.5 Å². The predicted octanol–water partition coefficient (Wildman–Crippen LogP) is 3.33. The van der Waals surface area contributed by atoms with Gasteiger partial charge < -0.3 is 9.84 Å². The fraction of sp³-hybridized carbons (Fsp3) is 0.143. The molecule has 104 valence electrons. The van der Waals surface area contributed by atoms with Crippen LogP contribution in [0.5, 0.6) is 11.5 Å². The second kappa shape index (κ2) is 5.56. The lowest BCUT2D eigenvalue weighted by molar-refractivity contribution is -0.387. The Morgan fingerprint density at radius 3 is 2.70 bits per heavy atom. The summed E-state index contributed by atoms with van der Waals surface area (Å²) in [6, 6.07) is 8.65. The van der Waals surface area contributed by atoms with Gasteiger partial charge in [-0.15, -0.1) is 0 Å². The molecule has 0 fully saturated rings. The fourth-order valence-corrected chi connectivity index (χ4v) is 1.73. The number of ether oxygens (including phenoxy) is 1. The van der Waals surface area contributed by atoms with E-state index in [-0.39, 0.29) is 17.9 Å². The average Bonchev–Trinajstić information content (AvgIpc) is 2.41. The molecule has 0 aliphatic heterocycles. The smallest absolute Gasteiger partial charge is 0.305 e. The van der Waals surface area contributed by atoms with Crippen molar-refractivity contribution in [1.29, 1.82) is 0 Å². The topological polar surface area (TPSA) is 72.6 Å². The Morgan fingerprint density at radius 2 is 2.00 bits per heavy atom. The highest BCUT2D eigenvalue weighted by Gasteiger charge is 2.17. The Labute approximate surface area is 114 Å². The molecule has 0 bridgehead atoms. The van der Waals surface area contributed by atoms with Crippen molar-refractivity contribution in [3.05, 3.63) is 63.5 Å². The normalized spacial score (nSPS) is 10.3. The molecule has 20 heavy (non-hydrogen) atoms. The highest BCUT2D eigenvalue weighted by atomic mass is 19.1. The first-order valence-corrected chi connectivity index (χ1v) is 5.84. The van der Waals surface area contributed by atoms with E-state index in [1.807, 2.05) is 0 Å². The Hall–Kier alpha value is -2.63. The maximum absolute atomic E-state index is 13.8. The number of nitro groups is 1. The number of halogens is 1. The van der Waals surface area contributed by atoms with Crippen LogP contribution in [0.4, 0.5) is 10.1 Å². The standard InChI is InChI=1S/C14H12FNO4/c1-9-12(17)6-3-7-13(9)20-8-10-4-2-5-11(14(10)15)16(18)19/h2-7,17H,8H2,1H3. The summed E-state index contributed by atoms with van der Waals surface area (Å²) < 4.78 is 19.2. The summed E-state index contributed by atoms with van der Waals surface area (Å²) in [4.78, 5) is 9.86. The van der Waals surface area contributed by atoms with E-state index in [2.05, 4.69) is 0 Å². The molecule has 2 aromatic rings. The van der Waals surface area contributed by atoms with Gasteiger partial charge in [-0.3, -0.25) is 10.1 Å². The van der Waals surface area contributed by atoms with Crippen molar-refractivity contribution >= 4 is 5.69 Å². The molecule has 0 saturated heterocycles. The van der Waals surface area contributed by atoms with Gasteiger partial charge in [-0.25, -0.2) is 0 Å². The van der Waals surface area contributed by atoms with Gasteiger partial charge in [-0.05, 0) is 19.1 Å². The summed E-state index contributed by atoms with van der Waals surface area (Å²) in [6.45, 7) is 1.51. The van der Waals surface area contributed by atoms with E-state index in [1.54, 1.807) is 19.1 Å². The molecular weight excluding hydrogens is 265 g/mol. The molecule has 0 radical (unpaired) electrons. The van der Waals surface area contributed by atoms with Crippen LogP contribution >= 0.6 is 0 Å². The Kier molecular flexibility index (Phi) is 3.84. The van der Waals surface area contributed by atoms with E-state index < -0.39 is 16.4 Å². The maximum Gasteiger partial charge on any atom is 0.305 e. The van der Waals surface area contributed by atoms with Gasteiger partial charge in [0.2, 0.25) is 5.82 Å². The highest BCUT2D eigenvalue weighted by molar-refractivity contribution is 5.43. The average molecular weight is 277 g/mol. The quantitative estimate of drug-likeness (QED) is 0.687. The predicted molar refractivity (Wildman–Crippen MR) is 70.2 cm³/mol. The van der Waals surface area contributed by atoms with Gasteiger partial charge in [0.25, 0.3) is 0 Å². The number of benzene rings is 2. The molecule has 0 aliphatic rings. The van der Waals surface area contributed by atoms with Crippen LogP contribution in [0, 0.1) is 22.9 Å². The van der Waals surface area contributed by atoms with E-state index >= 15 is 0 Å². The lowest BCUT2D eigenvalue weighted by atomic mass is 10.2. The third-order valence-electron chi connectivity index (χ3n) is 2.89. The zero-order valence-electron chi connectivity index (χ0n) is 10.7. The summed E-state index contributed by atoms with van der Waals surface area (Å²) >= 11 is 0. The van der Waals surface area contributed by atoms with Crippen molar-refractivity contribution in [1.82, 2.24) is 0 Å². The fourth-order valence-electron chi connectivity index (χ4n) is 1.73. The lowest BCUT2D eigenvalue weighted by Gasteiger charge is -2.10. The third-order valence-corrected chi connectivity index (χ3v) is 2.89. The Balaban J connectivity index is 2.21. The number of phenols is 1. The zero-order chi connectivity index (χ0) is 14.7. The van der Waals surface area contributed by atoms with Crippen LogP contribution < -0.4 is 4.74 Å².